The van der Waals surface area contributed by atoms with E-state index in [1.807, 2.05) is 54.1 Å². The molecule has 7 nitrogen and oxygen atoms in total. The number of ether oxygens (including phenoxy) is 1. The number of imidazole rings is 1. The number of hydrogen-bond donors (Lipinski definition) is 1. The van der Waals surface area contributed by atoms with Crippen molar-refractivity contribution < 1.29 is 14.3 Å². The van der Waals surface area contributed by atoms with E-state index in [2.05, 4.69) is 18.3 Å². The predicted molar refractivity (Wildman–Crippen MR) is 149 cm³/mol. The Morgan fingerprint density at radius 3 is 2.45 bits per heavy atom. The number of anilines is 1. The molecule has 4 aromatic rings. The van der Waals surface area contributed by atoms with Gasteiger partial charge in [0.15, 0.2) is 0 Å². The van der Waals surface area contributed by atoms with E-state index in [4.69, 9.17) is 21.3 Å². The van der Waals surface area contributed by atoms with E-state index in [0.29, 0.717) is 22.2 Å². The third-order valence-electron chi connectivity index (χ3n) is 6.78. The highest BCUT2D eigenvalue weighted by Crippen LogP contribution is 2.30. The van der Waals surface area contributed by atoms with Gasteiger partial charge in [-0.05, 0) is 86.3 Å². The first-order valence-corrected chi connectivity index (χ1v) is 12.9. The summed E-state index contributed by atoms with van der Waals surface area (Å²) < 4.78 is 7.14. The second kappa shape index (κ2) is 10.7. The molecule has 3 aromatic carbocycles. The lowest BCUT2D eigenvalue weighted by Crippen LogP contribution is -2.40. The Bertz CT molecular complexity index is 1490. The molecule has 1 fully saturated rings. The summed E-state index contributed by atoms with van der Waals surface area (Å²) in [6, 6.07) is 20.6. The number of amides is 2. The van der Waals surface area contributed by atoms with E-state index in [1.165, 1.54) is 5.56 Å². The fourth-order valence-electron chi connectivity index (χ4n) is 4.30. The second-order valence-corrected chi connectivity index (χ2v) is 9.92. The zero-order valence-electron chi connectivity index (χ0n) is 21.6. The number of methoxy groups -OCH3 is 1. The summed E-state index contributed by atoms with van der Waals surface area (Å²) in [5.41, 5.74) is 5.16. The Labute approximate surface area is 227 Å². The zero-order chi connectivity index (χ0) is 26.8. The van der Waals surface area contributed by atoms with Crippen LogP contribution in [-0.4, -0.2) is 46.0 Å². The van der Waals surface area contributed by atoms with Crippen LogP contribution in [0, 0.1) is 13.8 Å². The molecule has 0 atom stereocenters. The number of nitrogens with zero attached hydrogens (tertiary/aromatic N) is 3. The summed E-state index contributed by atoms with van der Waals surface area (Å²) in [5, 5.41) is 3.32. The van der Waals surface area contributed by atoms with E-state index in [1.54, 1.807) is 36.3 Å². The molecule has 0 unspecified atom stereocenters. The molecule has 0 aliphatic heterocycles. The van der Waals surface area contributed by atoms with Crippen LogP contribution in [0.25, 0.3) is 16.9 Å². The summed E-state index contributed by atoms with van der Waals surface area (Å²) in [5.74, 6) is 0.558. The summed E-state index contributed by atoms with van der Waals surface area (Å²) in [6.07, 6.45) is 3.62. The quantitative estimate of drug-likeness (QED) is 0.301. The van der Waals surface area contributed by atoms with Crippen LogP contribution in [0.1, 0.15) is 34.3 Å². The number of halogens is 1. The number of benzene rings is 3. The molecule has 8 heteroatoms. The van der Waals surface area contributed by atoms with Crippen LogP contribution in [0.5, 0.6) is 5.75 Å². The molecule has 1 N–H and O–H groups in total. The van der Waals surface area contributed by atoms with E-state index in [0.717, 1.165) is 35.4 Å². The largest absolute Gasteiger partial charge is 0.497 e. The average molecular weight is 529 g/mol. The van der Waals surface area contributed by atoms with Crippen molar-refractivity contribution in [1.82, 2.24) is 14.5 Å². The van der Waals surface area contributed by atoms with Gasteiger partial charge in [0.25, 0.3) is 5.91 Å². The SMILES string of the molecule is COc1ccc(-c2cn(-c3ccc(C)c(C)c3)c(NC(=O)CN(C(=O)c3ccccc3Cl)C3CC3)n2)cc1. The topological polar surface area (TPSA) is 76.5 Å². The molecule has 194 valence electrons. The minimum atomic E-state index is -0.325. The minimum Gasteiger partial charge on any atom is -0.497 e. The van der Waals surface area contributed by atoms with Gasteiger partial charge in [-0.15, -0.1) is 0 Å². The number of hydrogen-bond acceptors (Lipinski definition) is 4. The normalized spacial score (nSPS) is 12.7. The van der Waals surface area contributed by atoms with Crippen molar-refractivity contribution in [3.63, 3.8) is 0 Å². The van der Waals surface area contributed by atoms with E-state index in [9.17, 15) is 9.59 Å². The second-order valence-electron chi connectivity index (χ2n) is 9.51. The number of rotatable bonds is 8. The lowest BCUT2D eigenvalue weighted by molar-refractivity contribution is -0.117. The highest BCUT2D eigenvalue weighted by molar-refractivity contribution is 6.33. The maximum atomic E-state index is 13.3. The molecule has 0 radical (unpaired) electrons. The van der Waals surface area contributed by atoms with Crippen molar-refractivity contribution in [3.05, 3.63) is 94.6 Å². The van der Waals surface area contributed by atoms with Crippen LogP contribution in [-0.2, 0) is 4.79 Å². The summed E-state index contributed by atoms with van der Waals surface area (Å²) in [7, 11) is 1.62. The van der Waals surface area contributed by atoms with Crippen LogP contribution in [0.2, 0.25) is 5.02 Å². The van der Waals surface area contributed by atoms with Crippen LogP contribution in [0.4, 0.5) is 5.95 Å². The van der Waals surface area contributed by atoms with Crippen LogP contribution in [0.15, 0.2) is 72.9 Å². The van der Waals surface area contributed by atoms with Crippen molar-refractivity contribution in [1.29, 1.82) is 0 Å². The molecule has 1 aliphatic rings. The number of carbonyl (C=O) groups is 2. The minimum absolute atomic E-state index is 0.0267. The van der Waals surface area contributed by atoms with Gasteiger partial charge < -0.3 is 9.64 Å². The van der Waals surface area contributed by atoms with Gasteiger partial charge in [-0.1, -0.05) is 29.8 Å². The molecule has 2 amide bonds. The molecule has 1 aliphatic carbocycles. The highest BCUT2D eigenvalue weighted by Gasteiger charge is 2.35. The van der Waals surface area contributed by atoms with Crippen LogP contribution >= 0.6 is 11.6 Å². The Balaban J connectivity index is 1.44. The monoisotopic (exact) mass is 528 g/mol. The number of carbonyl (C=O) groups excluding carboxylic acids is 2. The van der Waals surface area contributed by atoms with Gasteiger partial charge >= 0.3 is 0 Å². The summed E-state index contributed by atoms with van der Waals surface area (Å²) in [4.78, 5) is 32.9. The van der Waals surface area contributed by atoms with Gasteiger partial charge in [-0.25, -0.2) is 4.98 Å². The first-order chi connectivity index (χ1) is 18.3. The van der Waals surface area contributed by atoms with E-state index >= 15 is 0 Å². The molecule has 38 heavy (non-hydrogen) atoms. The van der Waals surface area contributed by atoms with Gasteiger partial charge in [0.1, 0.15) is 12.3 Å². The van der Waals surface area contributed by atoms with Gasteiger partial charge in [-0.3, -0.25) is 19.5 Å². The fourth-order valence-corrected chi connectivity index (χ4v) is 4.52. The molecule has 1 heterocycles. The Kier molecular flexibility index (Phi) is 7.20. The average Bonchev–Trinajstić information content (AvgIpc) is 3.68. The Morgan fingerprint density at radius 1 is 1.05 bits per heavy atom. The summed E-state index contributed by atoms with van der Waals surface area (Å²) in [6.45, 7) is 4.01. The van der Waals surface area contributed by atoms with Crippen molar-refractivity contribution >= 4 is 29.4 Å². The van der Waals surface area contributed by atoms with Crippen molar-refractivity contribution in [3.8, 4) is 22.7 Å². The first-order valence-electron chi connectivity index (χ1n) is 12.5. The predicted octanol–water partition coefficient (Wildman–Crippen LogP) is 6.06. The van der Waals surface area contributed by atoms with E-state index < -0.39 is 0 Å². The van der Waals surface area contributed by atoms with Crippen LogP contribution < -0.4 is 10.1 Å². The Hall–Kier alpha value is -4.10. The molecule has 0 saturated heterocycles. The first kappa shape index (κ1) is 25.5. The lowest BCUT2D eigenvalue weighted by atomic mass is 10.1. The summed E-state index contributed by atoms with van der Waals surface area (Å²) >= 11 is 6.28. The molecule has 0 bridgehead atoms. The van der Waals surface area contributed by atoms with Crippen LogP contribution in [0.3, 0.4) is 0 Å². The van der Waals surface area contributed by atoms with Gasteiger partial charge in [-0.2, -0.15) is 0 Å². The molecule has 1 saturated carbocycles. The van der Waals surface area contributed by atoms with Gasteiger partial charge in [0.2, 0.25) is 11.9 Å². The smallest absolute Gasteiger partial charge is 0.256 e. The third kappa shape index (κ3) is 5.43. The lowest BCUT2D eigenvalue weighted by Gasteiger charge is -2.22. The van der Waals surface area contributed by atoms with Crippen molar-refractivity contribution in [2.45, 2.75) is 32.7 Å². The zero-order valence-corrected chi connectivity index (χ0v) is 22.3. The highest BCUT2D eigenvalue weighted by atomic mass is 35.5. The number of nitrogens with one attached hydrogen (secondary N) is 1. The fraction of sp³-hybridized carbons (Fsp3) is 0.233. The van der Waals surface area contributed by atoms with Crippen molar-refractivity contribution in [2.75, 3.05) is 19.0 Å². The number of aryl methyl sites for hydroxylation is 2. The van der Waals surface area contributed by atoms with Crippen molar-refractivity contribution in [2.24, 2.45) is 0 Å². The molecule has 0 spiro atoms. The molecule has 5 rings (SSSR count). The van der Waals surface area contributed by atoms with Gasteiger partial charge in [0.05, 0.1) is 23.4 Å². The molecular formula is C30H29ClN4O3. The molecule has 1 aromatic heterocycles. The maximum absolute atomic E-state index is 13.3. The maximum Gasteiger partial charge on any atom is 0.256 e. The molecular weight excluding hydrogens is 500 g/mol. The van der Waals surface area contributed by atoms with E-state index in [-0.39, 0.29) is 24.4 Å². The third-order valence-corrected chi connectivity index (χ3v) is 7.11. The van der Waals surface area contributed by atoms with Gasteiger partial charge in [0, 0.05) is 23.5 Å². The Morgan fingerprint density at radius 2 is 1.79 bits per heavy atom. The standard InChI is InChI=1S/C30H29ClN4O3/c1-19-8-11-23(16-20(19)2)35-17-27(21-9-14-24(38-3)15-10-21)32-30(35)33-28(36)18-34(22-12-13-22)29(37)25-6-4-5-7-26(25)31/h4-11,14-17,22H,12-13,18H2,1-3H3,(H,32,33,36). The number of aromatic nitrogens is 2.